The Morgan fingerprint density at radius 1 is 1.55 bits per heavy atom. The van der Waals surface area contributed by atoms with Crippen LogP contribution in [0.25, 0.3) is 0 Å². The second kappa shape index (κ2) is 5.36. The first-order valence-electron chi connectivity index (χ1n) is 6.56. The lowest BCUT2D eigenvalue weighted by Gasteiger charge is -2.10. The van der Waals surface area contributed by atoms with Gasteiger partial charge in [-0.05, 0) is 31.9 Å². The van der Waals surface area contributed by atoms with Crippen LogP contribution >= 0.6 is 11.8 Å². The molecule has 1 aliphatic rings. The number of methoxy groups -OCH3 is 1. The summed E-state index contributed by atoms with van der Waals surface area (Å²) in [5.41, 5.74) is 0. The number of nitrogens with zero attached hydrogens (tertiary/aromatic N) is 2. The molecule has 0 radical (unpaired) electrons. The van der Waals surface area contributed by atoms with Crippen LogP contribution in [0.3, 0.4) is 0 Å². The van der Waals surface area contributed by atoms with Crippen molar-refractivity contribution in [2.75, 3.05) is 7.11 Å². The fraction of sp³-hybridized carbons (Fsp3) is 0.429. The lowest BCUT2D eigenvalue weighted by atomic mass is 10.3. The molecule has 0 unspecified atom stereocenters. The van der Waals surface area contributed by atoms with Gasteiger partial charge in [-0.2, -0.15) is 0 Å². The molecule has 20 heavy (non-hydrogen) atoms. The van der Waals surface area contributed by atoms with Gasteiger partial charge in [0.1, 0.15) is 5.76 Å². The fourth-order valence-corrected chi connectivity index (χ4v) is 3.03. The molecule has 2 aromatic rings. The van der Waals surface area contributed by atoms with E-state index in [2.05, 4.69) is 14.3 Å². The minimum Gasteiger partial charge on any atom is -0.463 e. The molecule has 106 valence electrons. The Bertz CT molecular complexity index is 615. The van der Waals surface area contributed by atoms with Gasteiger partial charge in [0.05, 0.1) is 12.4 Å². The Morgan fingerprint density at radius 2 is 2.35 bits per heavy atom. The number of carbonyl (C=O) groups is 1. The second-order valence-electron chi connectivity index (χ2n) is 4.80. The van der Waals surface area contributed by atoms with Crippen LogP contribution in [0.5, 0.6) is 0 Å². The van der Waals surface area contributed by atoms with Crippen molar-refractivity contribution in [3.63, 3.8) is 0 Å². The predicted octanol–water partition coefficient (Wildman–Crippen LogP) is 3.45. The van der Waals surface area contributed by atoms with Gasteiger partial charge < -0.3 is 13.7 Å². The number of aromatic nitrogens is 2. The van der Waals surface area contributed by atoms with E-state index in [1.165, 1.54) is 20.0 Å². The molecule has 0 aliphatic heterocycles. The molecule has 0 bridgehead atoms. The molecule has 1 aliphatic carbocycles. The zero-order chi connectivity index (χ0) is 14.1. The zero-order valence-electron chi connectivity index (χ0n) is 11.4. The smallest absolute Gasteiger partial charge is 0.373 e. The Morgan fingerprint density at radius 3 is 3.05 bits per heavy atom. The molecule has 2 aromatic heterocycles. The SMILES string of the molecule is COC(=O)c1ccc([C@@H](C)Sc2nccn2C2CC2)o1. The molecule has 1 saturated carbocycles. The summed E-state index contributed by atoms with van der Waals surface area (Å²) < 4.78 is 12.4. The highest BCUT2D eigenvalue weighted by Gasteiger charge is 2.27. The van der Waals surface area contributed by atoms with Crippen LogP contribution in [0.2, 0.25) is 0 Å². The summed E-state index contributed by atoms with van der Waals surface area (Å²) in [6, 6.07) is 4.06. The number of thioether (sulfide) groups is 1. The van der Waals surface area contributed by atoms with E-state index in [-0.39, 0.29) is 11.0 Å². The topological polar surface area (TPSA) is 57.3 Å². The standard InChI is InChI=1S/C14H16N2O3S/c1-9(11-5-6-12(19-11)13(17)18-2)20-14-15-7-8-16(14)10-3-4-10/h5-10H,3-4H2,1-2H3/t9-/m1/s1. The Kier molecular flexibility index (Phi) is 3.56. The zero-order valence-corrected chi connectivity index (χ0v) is 12.2. The summed E-state index contributed by atoms with van der Waals surface area (Å²) in [7, 11) is 1.34. The molecule has 3 rings (SSSR count). The van der Waals surface area contributed by atoms with Crippen LogP contribution in [0.4, 0.5) is 0 Å². The van der Waals surface area contributed by atoms with Crippen molar-refractivity contribution in [1.82, 2.24) is 9.55 Å². The van der Waals surface area contributed by atoms with E-state index in [9.17, 15) is 4.79 Å². The number of furan rings is 1. The van der Waals surface area contributed by atoms with Gasteiger partial charge in [0.25, 0.3) is 0 Å². The molecule has 6 heteroatoms. The molecule has 0 spiro atoms. The first kappa shape index (κ1) is 13.3. The first-order valence-corrected chi connectivity index (χ1v) is 7.44. The first-order chi connectivity index (χ1) is 9.69. The van der Waals surface area contributed by atoms with Crippen LogP contribution in [0, 0.1) is 0 Å². The van der Waals surface area contributed by atoms with Gasteiger partial charge in [-0.25, -0.2) is 9.78 Å². The van der Waals surface area contributed by atoms with Crippen molar-refractivity contribution >= 4 is 17.7 Å². The number of hydrogen-bond donors (Lipinski definition) is 0. The normalized spacial score (nSPS) is 16.1. The van der Waals surface area contributed by atoms with Gasteiger partial charge in [-0.1, -0.05) is 11.8 Å². The maximum atomic E-state index is 11.4. The highest BCUT2D eigenvalue weighted by Crippen LogP contribution is 2.41. The van der Waals surface area contributed by atoms with Crippen molar-refractivity contribution in [3.05, 3.63) is 36.0 Å². The van der Waals surface area contributed by atoms with Crippen LogP contribution in [0.15, 0.2) is 34.1 Å². The van der Waals surface area contributed by atoms with E-state index >= 15 is 0 Å². The molecule has 5 nitrogen and oxygen atoms in total. The largest absolute Gasteiger partial charge is 0.463 e. The van der Waals surface area contributed by atoms with E-state index in [0.717, 1.165) is 10.9 Å². The van der Waals surface area contributed by atoms with E-state index in [4.69, 9.17) is 4.42 Å². The minimum absolute atomic E-state index is 0.0910. The monoisotopic (exact) mass is 292 g/mol. The van der Waals surface area contributed by atoms with E-state index < -0.39 is 5.97 Å². The van der Waals surface area contributed by atoms with Crippen molar-refractivity contribution in [1.29, 1.82) is 0 Å². The third-order valence-corrected chi connectivity index (χ3v) is 4.38. The molecule has 0 aromatic carbocycles. The third-order valence-electron chi connectivity index (χ3n) is 3.27. The predicted molar refractivity (Wildman–Crippen MR) is 74.8 cm³/mol. The average molecular weight is 292 g/mol. The van der Waals surface area contributed by atoms with Gasteiger partial charge in [0.15, 0.2) is 5.16 Å². The molecule has 0 N–H and O–H groups in total. The fourth-order valence-electron chi connectivity index (χ4n) is 2.02. The average Bonchev–Trinajstić information content (AvgIpc) is 3.00. The number of rotatable bonds is 5. The van der Waals surface area contributed by atoms with Gasteiger partial charge in [0.2, 0.25) is 5.76 Å². The van der Waals surface area contributed by atoms with Gasteiger partial charge in [-0.3, -0.25) is 0 Å². The lowest BCUT2D eigenvalue weighted by molar-refractivity contribution is 0.0563. The maximum Gasteiger partial charge on any atom is 0.373 e. The summed E-state index contributed by atoms with van der Waals surface area (Å²) in [6.07, 6.45) is 6.31. The Labute approximate surface area is 121 Å². The number of esters is 1. The molecule has 2 heterocycles. The molecule has 1 atom stereocenters. The summed E-state index contributed by atoms with van der Waals surface area (Å²) in [4.78, 5) is 15.8. The van der Waals surface area contributed by atoms with Gasteiger partial charge in [0, 0.05) is 18.4 Å². The lowest BCUT2D eigenvalue weighted by Crippen LogP contribution is -1.99. The quantitative estimate of drug-likeness (QED) is 0.624. The molecule has 1 fully saturated rings. The Hall–Kier alpha value is -1.69. The van der Waals surface area contributed by atoms with E-state index in [1.807, 2.05) is 25.4 Å². The number of ether oxygens (including phenoxy) is 1. The molecular formula is C14H16N2O3S. The van der Waals surface area contributed by atoms with Crippen molar-refractivity contribution in [3.8, 4) is 0 Å². The van der Waals surface area contributed by atoms with Crippen LogP contribution in [-0.4, -0.2) is 22.6 Å². The van der Waals surface area contributed by atoms with Crippen molar-refractivity contribution in [2.24, 2.45) is 0 Å². The maximum absolute atomic E-state index is 11.4. The molecule has 0 amide bonds. The summed E-state index contributed by atoms with van der Waals surface area (Å²) >= 11 is 1.64. The number of hydrogen-bond acceptors (Lipinski definition) is 5. The van der Waals surface area contributed by atoms with Crippen LogP contribution in [0.1, 0.15) is 47.4 Å². The summed E-state index contributed by atoms with van der Waals surface area (Å²) in [6.45, 7) is 2.04. The minimum atomic E-state index is -0.451. The molecule has 0 saturated heterocycles. The highest BCUT2D eigenvalue weighted by molar-refractivity contribution is 7.99. The summed E-state index contributed by atoms with van der Waals surface area (Å²) in [5.74, 6) is 0.536. The third kappa shape index (κ3) is 2.60. The second-order valence-corrected chi connectivity index (χ2v) is 6.11. The number of imidazole rings is 1. The van der Waals surface area contributed by atoms with Crippen molar-refractivity contribution < 1.29 is 13.9 Å². The Balaban J connectivity index is 1.72. The molecular weight excluding hydrogens is 276 g/mol. The van der Waals surface area contributed by atoms with Gasteiger partial charge >= 0.3 is 5.97 Å². The number of carbonyl (C=O) groups excluding carboxylic acids is 1. The van der Waals surface area contributed by atoms with E-state index in [0.29, 0.717) is 6.04 Å². The summed E-state index contributed by atoms with van der Waals surface area (Å²) in [5, 5.41) is 1.09. The van der Waals surface area contributed by atoms with Crippen LogP contribution < -0.4 is 0 Å². The van der Waals surface area contributed by atoms with Gasteiger partial charge in [-0.15, -0.1) is 0 Å². The van der Waals surface area contributed by atoms with E-state index in [1.54, 1.807) is 17.8 Å². The highest BCUT2D eigenvalue weighted by atomic mass is 32.2. The van der Waals surface area contributed by atoms with Crippen LogP contribution in [-0.2, 0) is 4.74 Å². The van der Waals surface area contributed by atoms with Crippen molar-refractivity contribution in [2.45, 2.75) is 36.2 Å².